The Hall–Kier alpha value is -4.34. The number of nitriles is 1. The third-order valence-corrected chi connectivity index (χ3v) is 9.14. The molecule has 0 saturated carbocycles. The number of carbonyl (C=O) groups excluding carboxylic acids is 2. The first-order valence-electron chi connectivity index (χ1n) is 13.1. The monoisotopic (exact) mass is 602 g/mol. The number of allylic oxidation sites excluding steroid dienone is 3. The molecular weight excluding hydrogens is 573 g/mol. The highest BCUT2D eigenvalue weighted by Gasteiger charge is 2.45. The van der Waals surface area contributed by atoms with Crippen molar-refractivity contribution in [3.63, 3.8) is 0 Å². The Morgan fingerprint density at radius 2 is 1.98 bits per heavy atom. The number of aromatic nitrogens is 2. The SMILES string of the molecule is COc1cccc(C2C(C#N)=C(N)N(c3nnc(SCC(=O)Nc4ccccc4OC)s3)C3=C2C(=O)CC(C)(C)C3)c1. The van der Waals surface area contributed by atoms with Gasteiger partial charge >= 0.3 is 0 Å². The van der Waals surface area contributed by atoms with Gasteiger partial charge in [-0.25, -0.2) is 0 Å². The number of nitrogens with two attached hydrogens (primary N) is 1. The van der Waals surface area contributed by atoms with E-state index in [4.69, 9.17) is 15.2 Å². The van der Waals surface area contributed by atoms with Crippen LogP contribution in [0.25, 0.3) is 0 Å². The van der Waals surface area contributed by atoms with Gasteiger partial charge in [0.05, 0.1) is 43.2 Å². The smallest absolute Gasteiger partial charge is 0.234 e. The molecule has 2 heterocycles. The molecular formula is C30H30N6O4S2. The number of anilines is 2. The number of hydrogen-bond acceptors (Lipinski definition) is 11. The number of hydrogen-bond donors (Lipinski definition) is 2. The van der Waals surface area contributed by atoms with Gasteiger partial charge in [-0.1, -0.05) is 61.2 Å². The van der Waals surface area contributed by atoms with E-state index in [-0.39, 0.29) is 34.3 Å². The number of thioether (sulfide) groups is 1. The van der Waals surface area contributed by atoms with E-state index in [0.29, 0.717) is 50.8 Å². The quantitative estimate of drug-likeness (QED) is 0.329. The number of carbonyl (C=O) groups is 2. The van der Waals surface area contributed by atoms with E-state index >= 15 is 0 Å². The first kappa shape index (κ1) is 29.2. The molecule has 1 amide bonds. The minimum atomic E-state index is -0.625. The van der Waals surface area contributed by atoms with Gasteiger partial charge in [0, 0.05) is 17.7 Å². The van der Waals surface area contributed by atoms with E-state index in [0.717, 1.165) is 5.56 Å². The van der Waals surface area contributed by atoms with Gasteiger partial charge in [0.25, 0.3) is 0 Å². The fourth-order valence-electron chi connectivity index (χ4n) is 5.29. The third-order valence-electron chi connectivity index (χ3n) is 7.10. The first-order chi connectivity index (χ1) is 20.2. The molecule has 1 aliphatic heterocycles. The Labute approximate surface area is 252 Å². The molecule has 5 rings (SSSR count). The van der Waals surface area contributed by atoms with Gasteiger partial charge < -0.3 is 20.5 Å². The average molecular weight is 603 g/mol. The molecule has 0 bridgehead atoms. The number of benzene rings is 2. The summed E-state index contributed by atoms with van der Waals surface area (Å²) in [4.78, 5) is 28.1. The maximum atomic E-state index is 13.7. The summed E-state index contributed by atoms with van der Waals surface area (Å²) < 4.78 is 11.3. The number of methoxy groups -OCH3 is 2. The summed E-state index contributed by atoms with van der Waals surface area (Å²) in [5, 5.41) is 22.2. The number of nitrogens with one attached hydrogen (secondary N) is 1. The molecule has 1 atom stereocenters. The maximum Gasteiger partial charge on any atom is 0.234 e. The third kappa shape index (κ3) is 5.70. The Balaban J connectivity index is 1.46. The Kier molecular flexibility index (Phi) is 8.24. The van der Waals surface area contributed by atoms with Gasteiger partial charge in [0.2, 0.25) is 11.0 Å². The molecule has 0 radical (unpaired) electrons. The molecule has 10 nitrogen and oxygen atoms in total. The lowest BCUT2D eigenvalue weighted by Gasteiger charge is -2.42. The summed E-state index contributed by atoms with van der Waals surface area (Å²) in [5.74, 6) is 0.603. The molecule has 1 unspecified atom stereocenters. The average Bonchev–Trinajstić information content (AvgIpc) is 3.43. The molecule has 0 spiro atoms. The van der Waals surface area contributed by atoms with E-state index in [1.165, 1.54) is 23.1 Å². The molecule has 216 valence electrons. The lowest BCUT2D eigenvalue weighted by atomic mass is 9.68. The van der Waals surface area contributed by atoms with Crippen LogP contribution in [0.5, 0.6) is 11.5 Å². The Morgan fingerprint density at radius 1 is 1.19 bits per heavy atom. The summed E-state index contributed by atoms with van der Waals surface area (Å²) in [6.07, 6.45) is 0.897. The summed E-state index contributed by atoms with van der Waals surface area (Å²) >= 11 is 2.48. The lowest BCUT2D eigenvalue weighted by molar-refractivity contribution is -0.118. The van der Waals surface area contributed by atoms with Crippen molar-refractivity contribution >= 4 is 45.6 Å². The highest BCUT2D eigenvalue weighted by Crippen LogP contribution is 2.51. The minimum Gasteiger partial charge on any atom is -0.497 e. The predicted octanol–water partition coefficient (Wildman–Crippen LogP) is 5.23. The van der Waals surface area contributed by atoms with Crippen LogP contribution >= 0.6 is 23.1 Å². The number of nitrogens with zero attached hydrogens (tertiary/aromatic N) is 4. The number of ketones is 1. The van der Waals surface area contributed by atoms with Crippen LogP contribution in [-0.2, 0) is 9.59 Å². The first-order valence-corrected chi connectivity index (χ1v) is 14.9. The normalized spacial score (nSPS) is 17.9. The Morgan fingerprint density at radius 3 is 2.71 bits per heavy atom. The number of para-hydroxylation sites is 2. The van der Waals surface area contributed by atoms with Crippen LogP contribution in [0.1, 0.15) is 38.2 Å². The fourth-order valence-corrected chi connectivity index (χ4v) is 6.98. The van der Waals surface area contributed by atoms with Crippen LogP contribution in [0.2, 0.25) is 0 Å². The molecule has 3 aromatic rings. The van der Waals surface area contributed by atoms with Crippen molar-refractivity contribution in [3.8, 4) is 17.6 Å². The van der Waals surface area contributed by atoms with Crippen LogP contribution in [0, 0.1) is 16.7 Å². The van der Waals surface area contributed by atoms with E-state index in [9.17, 15) is 14.9 Å². The second-order valence-electron chi connectivity index (χ2n) is 10.6. The molecule has 12 heteroatoms. The Bertz CT molecular complexity index is 1650. The predicted molar refractivity (Wildman–Crippen MR) is 162 cm³/mol. The zero-order chi connectivity index (χ0) is 30.0. The van der Waals surface area contributed by atoms with Gasteiger partial charge in [-0.15, -0.1) is 10.2 Å². The van der Waals surface area contributed by atoms with Gasteiger partial charge in [0.1, 0.15) is 17.3 Å². The van der Waals surface area contributed by atoms with Crippen molar-refractivity contribution in [2.45, 2.75) is 36.9 Å². The largest absolute Gasteiger partial charge is 0.497 e. The molecule has 2 aromatic carbocycles. The second-order valence-corrected chi connectivity index (χ2v) is 12.8. The van der Waals surface area contributed by atoms with Crippen molar-refractivity contribution in [1.29, 1.82) is 5.26 Å². The second kappa shape index (κ2) is 11.9. The molecule has 0 fully saturated rings. The molecule has 0 saturated heterocycles. The topological polar surface area (TPSA) is 143 Å². The van der Waals surface area contributed by atoms with Crippen molar-refractivity contribution in [2.75, 3.05) is 30.2 Å². The number of amides is 1. The number of Topliss-reactive ketones (excluding diaryl/α,β-unsaturated/α-hetero) is 1. The van der Waals surface area contributed by atoms with E-state index in [1.54, 1.807) is 31.3 Å². The van der Waals surface area contributed by atoms with E-state index in [2.05, 4.69) is 21.6 Å². The lowest BCUT2D eigenvalue weighted by Crippen LogP contribution is -2.42. The molecule has 2 aliphatic rings. The number of rotatable bonds is 8. The van der Waals surface area contributed by atoms with Crippen LogP contribution in [0.4, 0.5) is 10.8 Å². The molecule has 3 N–H and O–H groups in total. The van der Waals surface area contributed by atoms with E-state index in [1.807, 2.05) is 50.2 Å². The van der Waals surface area contributed by atoms with Crippen LogP contribution < -0.4 is 25.4 Å². The van der Waals surface area contributed by atoms with Gasteiger partial charge in [-0.3, -0.25) is 14.5 Å². The molecule has 1 aliphatic carbocycles. The summed E-state index contributed by atoms with van der Waals surface area (Å²) in [6.45, 7) is 4.07. The fraction of sp³-hybridized carbons (Fsp3) is 0.300. The van der Waals surface area contributed by atoms with Crippen molar-refractivity contribution < 1.29 is 19.1 Å². The maximum absolute atomic E-state index is 13.7. The minimum absolute atomic E-state index is 0.0357. The van der Waals surface area contributed by atoms with Crippen molar-refractivity contribution in [2.24, 2.45) is 11.1 Å². The molecule has 42 heavy (non-hydrogen) atoms. The van der Waals surface area contributed by atoms with Gasteiger partial charge in [-0.2, -0.15) is 5.26 Å². The number of ether oxygens (including phenoxy) is 2. The van der Waals surface area contributed by atoms with Crippen LogP contribution in [-0.4, -0.2) is 41.9 Å². The van der Waals surface area contributed by atoms with Crippen LogP contribution in [0.15, 0.2) is 75.5 Å². The van der Waals surface area contributed by atoms with E-state index < -0.39 is 5.92 Å². The summed E-state index contributed by atoms with van der Waals surface area (Å²) in [7, 11) is 3.12. The molecule has 1 aromatic heterocycles. The summed E-state index contributed by atoms with van der Waals surface area (Å²) in [5.41, 5.74) is 9.23. The van der Waals surface area contributed by atoms with Crippen molar-refractivity contribution in [3.05, 3.63) is 76.8 Å². The highest BCUT2D eigenvalue weighted by atomic mass is 32.2. The standard InChI is InChI=1S/C30H30N6O4S2/c1-30(2)13-21-26(22(37)14-30)25(17-8-7-9-18(12-17)39-3)19(15-31)27(32)36(21)28-34-35-29(42-28)41-16-24(38)33-20-10-5-6-11-23(20)40-4/h5-12,25H,13-14,16,32H2,1-4H3,(H,33,38). The zero-order valence-electron chi connectivity index (χ0n) is 23.6. The highest BCUT2D eigenvalue weighted by molar-refractivity contribution is 8.01. The zero-order valence-corrected chi connectivity index (χ0v) is 25.3. The van der Waals surface area contributed by atoms with Gasteiger partial charge in [-0.05, 0) is 41.7 Å². The van der Waals surface area contributed by atoms with Gasteiger partial charge in [0.15, 0.2) is 10.1 Å². The summed E-state index contributed by atoms with van der Waals surface area (Å²) in [6, 6.07) is 16.8. The van der Waals surface area contributed by atoms with Crippen molar-refractivity contribution in [1.82, 2.24) is 10.2 Å². The van der Waals surface area contributed by atoms with Crippen LogP contribution in [0.3, 0.4) is 0 Å².